The first-order valence-electron chi connectivity index (χ1n) is 6.09. The Morgan fingerprint density at radius 1 is 1.41 bits per heavy atom. The predicted molar refractivity (Wildman–Crippen MR) is 66.5 cm³/mol. The maximum absolute atomic E-state index is 11.8. The molecule has 0 aliphatic carbocycles. The number of carbonyl (C=O) groups is 2. The van der Waals surface area contributed by atoms with Crippen LogP contribution in [0.1, 0.15) is 47.0 Å². The van der Waals surface area contributed by atoms with Gasteiger partial charge in [-0.05, 0) is 19.3 Å². The highest BCUT2D eigenvalue weighted by molar-refractivity contribution is 5.89. The van der Waals surface area contributed by atoms with Crippen LogP contribution in [-0.2, 0) is 9.59 Å². The minimum atomic E-state index is -1.23. The van der Waals surface area contributed by atoms with Crippen LogP contribution in [0.25, 0.3) is 0 Å². The van der Waals surface area contributed by atoms with Crippen LogP contribution in [0, 0.1) is 5.92 Å². The van der Waals surface area contributed by atoms with Gasteiger partial charge >= 0.3 is 5.97 Å². The summed E-state index contributed by atoms with van der Waals surface area (Å²) >= 11 is 0. The molecule has 0 bridgehead atoms. The molecule has 0 saturated heterocycles. The SMILES string of the molecule is CCCC(C)(NC(=O)C(N)C(C)CC)C(=O)O. The average molecular weight is 244 g/mol. The van der Waals surface area contributed by atoms with Crippen molar-refractivity contribution in [2.45, 2.75) is 58.5 Å². The van der Waals surface area contributed by atoms with Crippen LogP contribution in [0.15, 0.2) is 0 Å². The summed E-state index contributed by atoms with van der Waals surface area (Å²) in [7, 11) is 0. The van der Waals surface area contributed by atoms with Gasteiger partial charge < -0.3 is 16.2 Å². The van der Waals surface area contributed by atoms with Crippen molar-refractivity contribution in [2.24, 2.45) is 11.7 Å². The Balaban J connectivity index is 4.67. The molecule has 0 heterocycles. The van der Waals surface area contributed by atoms with Gasteiger partial charge in [-0.3, -0.25) is 4.79 Å². The van der Waals surface area contributed by atoms with Crippen LogP contribution in [0.3, 0.4) is 0 Å². The summed E-state index contributed by atoms with van der Waals surface area (Å²) in [6.45, 7) is 7.21. The number of amides is 1. The lowest BCUT2D eigenvalue weighted by Gasteiger charge is -2.28. The Bertz CT molecular complexity index is 281. The second kappa shape index (κ2) is 6.59. The van der Waals surface area contributed by atoms with Crippen LogP contribution in [0.2, 0.25) is 0 Å². The van der Waals surface area contributed by atoms with E-state index in [4.69, 9.17) is 10.8 Å². The average Bonchev–Trinajstić information content (AvgIpc) is 2.26. The number of carboxylic acid groups (broad SMARTS) is 1. The van der Waals surface area contributed by atoms with Crippen molar-refractivity contribution in [3.05, 3.63) is 0 Å². The molecule has 3 unspecified atom stereocenters. The smallest absolute Gasteiger partial charge is 0.329 e. The summed E-state index contributed by atoms with van der Waals surface area (Å²) in [6, 6.07) is -0.657. The van der Waals surface area contributed by atoms with Gasteiger partial charge in [0.2, 0.25) is 5.91 Å². The van der Waals surface area contributed by atoms with Crippen LogP contribution < -0.4 is 11.1 Å². The lowest BCUT2D eigenvalue weighted by Crippen LogP contribution is -2.57. The number of carbonyl (C=O) groups excluding carboxylic acids is 1. The van der Waals surface area contributed by atoms with Gasteiger partial charge in [0, 0.05) is 0 Å². The third kappa shape index (κ3) is 4.34. The molecule has 3 atom stereocenters. The standard InChI is InChI=1S/C12H24N2O3/c1-5-7-12(4,11(16)17)14-10(15)9(13)8(3)6-2/h8-9H,5-7,13H2,1-4H3,(H,14,15)(H,16,17). The zero-order chi connectivity index (χ0) is 13.6. The maximum atomic E-state index is 11.8. The van der Waals surface area contributed by atoms with Crippen LogP contribution >= 0.6 is 0 Å². The van der Waals surface area contributed by atoms with Crippen molar-refractivity contribution in [1.82, 2.24) is 5.32 Å². The fourth-order valence-electron chi connectivity index (χ4n) is 1.59. The minimum absolute atomic E-state index is 0.0367. The molecule has 0 radical (unpaired) electrons. The third-order valence-electron chi connectivity index (χ3n) is 3.18. The monoisotopic (exact) mass is 244 g/mol. The number of hydrogen-bond donors (Lipinski definition) is 3. The lowest BCUT2D eigenvalue weighted by atomic mass is 9.93. The summed E-state index contributed by atoms with van der Waals surface area (Å²) in [5.41, 5.74) is 4.54. The quantitative estimate of drug-likeness (QED) is 0.625. The highest BCUT2D eigenvalue weighted by atomic mass is 16.4. The first-order valence-corrected chi connectivity index (χ1v) is 6.09. The molecule has 5 heteroatoms. The Labute approximate surface area is 103 Å². The van der Waals surface area contributed by atoms with E-state index < -0.39 is 23.5 Å². The molecule has 5 nitrogen and oxygen atoms in total. The minimum Gasteiger partial charge on any atom is -0.480 e. The van der Waals surface area contributed by atoms with Crippen molar-refractivity contribution in [3.63, 3.8) is 0 Å². The van der Waals surface area contributed by atoms with Crippen LogP contribution in [0.4, 0.5) is 0 Å². The zero-order valence-corrected chi connectivity index (χ0v) is 11.1. The second-order valence-electron chi connectivity index (χ2n) is 4.79. The summed E-state index contributed by atoms with van der Waals surface area (Å²) in [5, 5.41) is 11.7. The van der Waals surface area contributed by atoms with E-state index in [1.807, 2.05) is 20.8 Å². The van der Waals surface area contributed by atoms with E-state index >= 15 is 0 Å². The third-order valence-corrected chi connectivity index (χ3v) is 3.18. The van der Waals surface area contributed by atoms with Crippen molar-refractivity contribution in [3.8, 4) is 0 Å². The zero-order valence-electron chi connectivity index (χ0n) is 11.1. The molecule has 0 aliphatic rings. The van der Waals surface area contributed by atoms with Crippen LogP contribution in [0.5, 0.6) is 0 Å². The van der Waals surface area contributed by atoms with Gasteiger partial charge in [-0.15, -0.1) is 0 Å². The highest BCUT2D eigenvalue weighted by Gasteiger charge is 2.35. The van der Waals surface area contributed by atoms with E-state index in [-0.39, 0.29) is 5.92 Å². The number of hydrogen-bond acceptors (Lipinski definition) is 3. The van der Waals surface area contributed by atoms with E-state index in [2.05, 4.69) is 5.32 Å². The topological polar surface area (TPSA) is 92.4 Å². The van der Waals surface area contributed by atoms with E-state index in [0.717, 1.165) is 6.42 Å². The van der Waals surface area contributed by atoms with E-state index in [0.29, 0.717) is 12.8 Å². The maximum Gasteiger partial charge on any atom is 0.329 e. The number of rotatable bonds is 7. The lowest BCUT2D eigenvalue weighted by molar-refractivity contribution is -0.147. The Morgan fingerprint density at radius 3 is 2.29 bits per heavy atom. The largest absolute Gasteiger partial charge is 0.480 e. The molecule has 0 aromatic rings. The van der Waals surface area contributed by atoms with Gasteiger partial charge in [0.1, 0.15) is 5.54 Å². The van der Waals surface area contributed by atoms with E-state index in [1.165, 1.54) is 6.92 Å². The number of nitrogens with two attached hydrogens (primary N) is 1. The Morgan fingerprint density at radius 2 is 1.94 bits per heavy atom. The summed E-state index contributed by atoms with van der Waals surface area (Å²) < 4.78 is 0. The number of nitrogens with one attached hydrogen (secondary N) is 1. The van der Waals surface area contributed by atoms with Crippen molar-refractivity contribution >= 4 is 11.9 Å². The highest BCUT2D eigenvalue weighted by Crippen LogP contribution is 2.14. The molecule has 1 amide bonds. The van der Waals surface area contributed by atoms with Gasteiger partial charge in [-0.2, -0.15) is 0 Å². The van der Waals surface area contributed by atoms with Crippen molar-refractivity contribution in [2.75, 3.05) is 0 Å². The summed E-state index contributed by atoms with van der Waals surface area (Å²) in [5.74, 6) is -1.38. The molecule has 0 rings (SSSR count). The molecule has 0 fully saturated rings. The Kier molecular flexibility index (Phi) is 6.16. The molecule has 17 heavy (non-hydrogen) atoms. The first-order chi connectivity index (χ1) is 7.78. The Hall–Kier alpha value is -1.10. The van der Waals surface area contributed by atoms with E-state index in [9.17, 15) is 9.59 Å². The molecular formula is C12H24N2O3. The van der Waals surface area contributed by atoms with Crippen molar-refractivity contribution in [1.29, 1.82) is 0 Å². The van der Waals surface area contributed by atoms with E-state index in [1.54, 1.807) is 0 Å². The summed E-state index contributed by atoms with van der Waals surface area (Å²) in [4.78, 5) is 23.0. The molecule has 4 N–H and O–H groups in total. The van der Waals surface area contributed by atoms with Crippen molar-refractivity contribution < 1.29 is 14.7 Å². The van der Waals surface area contributed by atoms with Gasteiger partial charge in [0.05, 0.1) is 6.04 Å². The molecule has 0 aromatic carbocycles. The fraction of sp³-hybridized carbons (Fsp3) is 0.833. The molecule has 0 saturated carbocycles. The summed E-state index contributed by atoms with van der Waals surface area (Å²) in [6.07, 6.45) is 1.86. The van der Waals surface area contributed by atoms with Gasteiger partial charge in [-0.1, -0.05) is 33.6 Å². The molecular weight excluding hydrogens is 220 g/mol. The first kappa shape index (κ1) is 15.9. The second-order valence-corrected chi connectivity index (χ2v) is 4.79. The number of carboxylic acids is 1. The predicted octanol–water partition coefficient (Wildman–Crippen LogP) is 1.12. The number of aliphatic carboxylic acids is 1. The fourth-order valence-corrected chi connectivity index (χ4v) is 1.59. The molecule has 100 valence electrons. The normalized spacial score (nSPS) is 17.9. The molecule has 0 spiro atoms. The van der Waals surface area contributed by atoms with Gasteiger partial charge in [0.25, 0.3) is 0 Å². The molecule has 0 aromatic heterocycles. The molecule has 0 aliphatic heterocycles. The van der Waals surface area contributed by atoms with Crippen LogP contribution in [-0.4, -0.2) is 28.6 Å². The van der Waals surface area contributed by atoms with Gasteiger partial charge in [-0.25, -0.2) is 4.79 Å². The van der Waals surface area contributed by atoms with Gasteiger partial charge in [0.15, 0.2) is 0 Å².